The number of esters is 1. The van der Waals surface area contributed by atoms with E-state index >= 15 is 0 Å². The van der Waals surface area contributed by atoms with Crippen LogP contribution in [0.25, 0.3) is 0 Å². The van der Waals surface area contributed by atoms with Crippen LogP contribution < -0.4 is 5.73 Å². The number of aryl methyl sites for hydroxylation is 1. The lowest BCUT2D eigenvalue weighted by Crippen LogP contribution is -2.27. The Hall–Kier alpha value is -1.29. The third-order valence-electron chi connectivity index (χ3n) is 2.69. The van der Waals surface area contributed by atoms with E-state index in [9.17, 15) is 4.79 Å². The molecule has 0 spiro atoms. The van der Waals surface area contributed by atoms with E-state index in [1.165, 1.54) is 7.11 Å². The van der Waals surface area contributed by atoms with Gasteiger partial charge in [0.15, 0.2) is 0 Å². The largest absolute Gasteiger partial charge is 0.464 e. The number of methoxy groups -OCH3 is 1. The summed E-state index contributed by atoms with van der Waals surface area (Å²) >= 11 is 0. The average molecular weight is 210 g/mol. The molecular weight excluding hydrogens is 192 g/mol. The Balaban J connectivity index is 3.11. The summed E-state index contributed by atoms with van der Waals surface area (Å²) in [5.41, 5.74) is 7.16. The van der Waals surface area contributed by atoms with Crippen LogP contribution in [0.15, 0.2) is 12.3 Å². The Morgan fingerprint density at radius 2 is 2.20 bits per heavy atom. The molecule has 2 N–H and O–H groups in total. The van der Waals surface area contributed by atoms with Crippen molar-refractivity contribution in [3.8, 4) is 0 Å². The first kappa shape index (κ1) is 11.8. The summed E-state index contributed by atoms with van der Waals surface area (Å²) in [6, 6.07) is 1.83. The highest BCUT2D eigenvalue weighted by molar-refractivity contribution is 5.88. The van der Waals surface area contributed by atoms with Gasteiger partial charge in [0, 0.05) is 25.2 Å². The average Bonchev–Trinajstić information content (AvgIpc) is 2.60. The van der Waals surface area contributed by atoms with Crippen LogP contribution in [0.5, 0.6) is 0 Å². The normalized spacial score (nSPS) is 11.5. The van der Waals surface area contributed by atoms with Crippen molar-refractivity contribution in [2.75, 3.05) is 13.7 Å². The van der Waals surface area contributed by atoms with E-state index in [0.717, 1.165) is 5.56 Å². The fraction of sp³-hybridized carbons (Fsp3) is 0.545. The molecule has 0 aliphatic rings. The maximum atomic E-state index is 11.4. The van der Waals surface area contributed by atoms with Crippen LogP contribution in [-0.4, -0.2) is 24.2 Å². The number of nitrogens with two attached hydrogens (primary N) is 1. The van der Waals surface area contributed by atoms with E-state index in [1.54, 1.807) is 4.57 Å². The lowest BCUT2D eigenvalue weighted by atomic mass is 9.87. The highest BCUT2D eigenvalue weighted by Gasteiger charge is 2.23. The van der Waals surface area contributed by atoms with Gasteiger partial charge < -0.3 is 15.0 Å². The van der Waals surface area contributed by atoms with Crippen LogP contribution in [0, 0.1) is 0 Å². The predicted molar refractivity (Wildman–Crippen MR) is 58.8 cm³/mol. The van der Waals surface area contributed by atoms with E-state index in [4.69, 9.17) is 5.73 Å². The molecule has 1 aromatic rings. The molecule has 4 heteroatoms. The third-order valence-corrected chi connectivity index (χ3v) is 2.69. The zero-order chi connectivity index (χ0) is 11.6. The Labute approximate surface area is 90.0 Å². The van der Waals surface area contributed by atoms with Crippen LogP contribution in [-0.2, 0) is 17.2 Å². The molecular formula is C11H18N2O2. The number of hydrogen-bond donors (Lipinski definition) is 1. The van der Waals surface area contributed by atoms with Gasteiger partial charge in [-0.05, 0) is 11.6 Å². The van der Waals surface area contributed by atoms with Gasteiger partial charge in [0.25, 0.3) is 0 Å². The Bertz CT molecular complexity index is 367. The standard InChI is InChI=1S/C11H18N2O2/c1-11(2,7-12)8-5-9(10(14)15-4)13(3)6-8/h5-6H,7,12H2,1-4H3. The third kappa shape index (κ3) is 2.21. The minimum atomic E-state index is -0.323. The first-order valence-corrected chi connectivity index (χ1v) is 4.87. The van der Waals surface area contributed by atoms with Gasteiger partial charge in [-0.25, -0.2) is 4.79 Å². The maximum Gasteiger partial charge on any atom is 0.354 e. The molecule has 0 aliphatic carbocycles. The lowest BCUT2D eigenvalue weighted by Gasteiger charge is -2.20. The first-order chi connectivity index (χ1) is 6.92. The molecule has 0 amide bonds. The van der Waals surface area contributed by atoms with Crippen LogP contribution in [0.4, 0.5) is 0 Å². The molecule has 0 fully saturated rings. The smallest absolute Gasteiger partial charge is 0.354 e. The topological polar surface area (TPSA) is 57.2 Å². The van der Waals surface area contributed by atoms with Gasteiger partial charge in [0.2, 0.25) is 0 Å². The molecule has 4 nitrogen and oxygen atoms in total. The first-order valence-electron chi connectivity index (χ1n) is 4.87. The fourth-order valence-corrected chi connectivity index (χ4v) is 1.36. The Morgan fingerprint density at radius 3 is 2.67 bits per heavy atom. The molecule has 0 saturated heterocycles. The van der Waals surface area contributed by atoms with E-state index < -0.39 is 0 Å². The number of hydrogen-bond acceptors (Lipinski definition) is 3. The van der Waals surface area contributed by atoms with Crippen molar-refractivity contribution in [2.45, 2.75) is 19.3 Å². The second kappa shape index (κ2) is 4.06. The second-order valence-electron chi connectivity index (χ2n) is 4.30. The molecule has 0 bridgehead atoms. The summed E-state index contributed by atoms with van der Waals surface area (Å²) in [5.74, 6) is -0.323. The molecule has 1 rings (SSSR count). The van der Waals surface area contributed by atoms with Crippen molar-refractivity contribution >= 4 is 5.97 Å². The molecule has 84 valence electrons. The highest BCUT2D eigenvalue weighted by atomic mass is 16.5. The van der Waals surface area contributed by atoms with E-state index in [1.807, 2.05) is 33.2 Å². The summed E-state index contributed by atoms with van der Waals surface area (Å²) in [5, 5.41) is 0. The Kier molecular flexibility index (Phi) is 3.19. The molecule has 15 heavy (non-hydrogen) atoms. The van der Waals surface area contributed by atoms with E-state index in [-0.39, 0.29) is 11.4 Å². The van der Waals surface area contributed by atoms with Gasteiger partial charge in [-0.1, -0.05) is 13.8 Å². The molecule has 0 atom stereocenters. The van der Waals surface area contributed by atoms with Gasteiger partial charge in [-0.15, -0.1) is 0 Å². The van der Waals surface area contributed by atoms with Crippen LogP contribution in [0.2, 0.25) is 0 Å². The molecule has 0 aromatic carbocycles. The quantitative estimate of drug-likeness (QED) is 0.759. The summed E-state index contributed by atoms with van der Waals surface area (Å²) in [4.78, 5) is 11.4. The molecule has 0 saturated carbocycles. The van der Waals surface area contributed by atoms with Crippen LogP contribution in [0.3, 0.4) is 0 Å². The van der Waals surface area contributed by atoms with Crippen molar-refractivity contribution in [1.29, 1.82) is 0 Å². The van der Waals surface area contributed by atoms with Crippen molar-refractivity contribution in [2.24, 2.45) is 12.8 Å². The molecule has 0 unspecified atom stereocenters. The molecule has 0 radical (unpaired) electrons. The van der Waals surface area contributed by atoms with Crippen molar-refractivity contribution in [3.63, 3.8) is 0 Å². The summed E-state index contributed by atoms with van der Waals surface area (Å²) in [6.45, 7) is 4.63. The van der Waals surface area contributed by atoms with Crippen LogP contribution >= 0.6 is 0 Å². The van der Waals surface area contributed by atoms with Gasteiger partial charge in [0.05, 0.1) is 7.11 Å². The summed E-state index contributed by atoms with van der Waals surface area (Å²) in [7, 11) is 3.20. The summed E-state index contributed by atoms with van der Waals surface area (Å²) < 4.78 is 6.45. The van der Waals surface area contributed by atoms with Crippen molar-refractivity contribution in [1.82, 2.24) is 4.57 Å². The number of carbonyl (C=O) groups excluding carboxylic acids is 1. The highest BCUT2D eigenvalue weighted by Crippen LogP contribution is 2.23. The minimum Gasteiger partial charge on any atom is -0.464 e. The minimum absolute atomic E-state index is 0.121. The maximum absolute atomic E-state index is 11.4. The molecule has 1 heterocycles. The van der Waals surface area contributed by atoms with Crippen LogP contribution in [0.1, 0.15) is 29.9 Å². The van der Waals surface area contributed by atoms with E-state index in [0.29, 0.717) is 12.2 Å². The van der Waals surface area contributed by atoms with Crippen molar-refractivity contribution < 1.29 is 9.53 Å². The number of rotatable bonds is 3. The number of aromatic nitrogens is 1. The predicted octanol–water partition coefficient (Wildman–Crippen LogP) is 1.05. The zero-order valence-electron chi connectivity index (χ0n) is 9.70. The van der Waals surface area contributed by atoms with Gasteiger partial charge in [0.1, 0.15) is 5.69 Å². The Morgan fingerprint density at radius 1 is 1.60 bits per heavy atom. The summed E-state index contributed by atoms with van der Waals surface area (Å²) in [6.07, 6.45) is 1.92. The van der Waals surface area contributed by atoms with Crippen molar-refractivity contribution in [3.05, 3.63) is 23.5 Å². The number of ether oxygens (including phenoxy) is 1. The SMILES string of the molecule is COC(=O)c1cc(C(C)(C)CN)cn1C. The van der Waals surface area contributed by atoms with E-state index in [2.05, 4.69) is 4.74 Å². The van der Waals surface area contributed by atoms with Gasteiger partial charge in [-0.2, -0.15) is 0 Å². The van der Waals surface area contributed by atoms with Gasteiger partial charge in [-0.3, -0.25) is 0 Å². The second-order valence-corrected chi connectivity index (χ2v) is 4.30. The van der Waals surface area contributed by atoms with Gasteiger partial charge >= 0.3 is 5.97 Å². The monoisotopic (exact) mass is 210 g/mol. The number of nitrogens with zero attached hydrogens (tertiary/aromatic N) is 1. The zero-order valence-corrected chi connectivity index (χ0v) is 9.70. The fourth-order valence-electron chi connectivity index (χ4n) is 1.36. The molecule has 0 aliphatic heterocycles. The molecule has 1 aromatic heterocycles. The number of carbonyl (C=O) groups is 1. The lowest BCUT2D eigenvalue weighted by molar-refractivity contribution is 0.0590.